The number of hydrogen-bond donors (Lipinski definition) is 0. The first-order chi connectivity index (χ1) is 18.4. The number of allylic oxidation sites excluding steroid dienone is 6. The maximum absolute atomic E-state index is 2.53. The Bertz CT molecular complexity index is 959. The molecule has 2 aliphatic rings. The molecule has 2 fully saturated rings. The minimum Gasteiger partial charge on any atom is -0.118 e. The minimum absolute atomic E-state index is 0.236. The van der Waals surface area contributed by atoms with Crippen LogP contribution in [0.3, 0.4) is 0 Å². The molecule has 1 saturated heterocycles. The lowest BCUT2D eigenvalue weighted by atomic mass is 9.61. The molecule has 1 aromatic carbocycles. The van der Waals surface area contributed by atoms with Crippen molar-refractivity contribution in [2.45, 2.75) is 132 Å². The Morgan fingerprint density at radius 2 is 1.69 bits per heavy atom. The Kier molecular flexibility index (Phi) is 12.2. The van der Waals surface area contributed by atoms with Crippen molar-refractivity contribution in [1.29, 1.82) is 0 Å². The van der Waals surface area contributed by atoms with Gasteiger partial charge in [0.15, 0.2) is 0 Å². The van der Waals surface area contributed by atoms with Gasteiger partial charge in [-0.3, -0.25) is 0 Å². The zero-order valence-corrected chi connectivity index (χ0v) is 28.1. The summed E-state index contributed by atoms with van der Waals surface area (Å²) < 4.78 is 0. The van der Waals surface area contributed by atoms with Crippen LogP contribution < -0.4 is 0 Å². The maximum atomic E-state index is 2.53. The fraction of sp³-hybridized carbons (Fsp3) is 0.684. The van der Waals surface area contributed by atoms with Gasteiger partial charge in [-0.25, -0.2) is 0 Å². The average molecular weight is 549 g/mol. The molecule has 0 bridgehead atoms. The average Bonchev–Trinajstić information content (AvgIpc) is 3.77. The van der Waals surface area contributed by atoms with Gasteiger partial charge in [0.05, 0.1) is 0 Å². The summed E-state index contributed by atoms with van der Waals surface area (Å²) in [5, 5.41) is 0. The monoisotopic (exact) mass is 548 g/mol. The molecule has 218 valence electrons. The maximum Gasteiger partial charge on any atom is -0.00845 e. The van der Waals surface area contributed by atoms with Crippen molar-refractivity contribution in [3.05, 3.63) is 70.8 Å². The molecule has 1 aliphatic heterocycles. The summed E-state index contributed by atoms with van der Waals surface area (Å²) in [7, 11) is 1.24. The van der Waals surface area contributed by atoms with E-state index in [1.165, 1.54) is 83.7 Å². The van der Waals surface area contributed by atoms with Crippen LogP contribution >= 0.6 is 8.58 Å². The fourth-order valence-electron chi connectivity index (χ4n) is 7.39. The summed E-state index contributed by atoms with van der Waals surface area (Å²) in [4.78, 5) is 0. The highest BCUT2D eigenvalue weighted by molar-refractivity contribution is 7.47. The molecular formula is C38H61P. The van der Waals surface area contributed by atoms with Crippen molar-refractivity contribution in [1.82, 2.24) is 0 Å². The number of rotatable bonds is 16. The predicted octanol–water partition coefficient (Wildman–Crippen LogP) is 11.9. The number of hydrogen-bond acceptors (Lipinski definition) is 0. The summed E-state index contributed by atoms with van der Waals surface area (Å²) in [5.41, 5.74) is 7.77. The molecule has 1 aliphatic carbocycles. The quantitative estimate of drug-likeness (QED) is 0.142. The van der Waals surface area contributed by atoms with E-state index < -0.39 is 0 Å². The van der Waals surface area contributed by atoms with Crippen LogP contribution in [0.5, 0.6) is 0 Å². The van der Waals surface area contributed by atoms with Crippen LogP contribution in [-0.2, 0) is 6.42 Å². The van der Waals surface area contributed by atoms with Gasteiger partial charge >= 0.3 is 0 Å². The van der Waals surface area contributed by atoms with Crippen molar-refractivity contribution >= 4 is 8.58 Å². The van der Waals surface area contributed by atoms with Gasteiger partial charge in [-0.2, -0.15) is 0 Å². The Morgan fingerprint density at radius 3 is 2.23 bits per heavy atom. The molecule has 1 saturated carbocycles. The first kappa shape index (κ1) is 32.4. The van der Waals surface area contributed by atoms with Gasteiger partial charge in [-0.05, 0) is 115 Å². The molecule has 1 aromatic rings. The summed E-state index contributed by atoms with van der Waals surface area (Å²) in [6, 6.07) is 9.84. The molecule has 0 spiro atoms. The third-order valence-electron chi connectivity index (χ3n) is 9.28. The van der Waals surface area contributed by atoms with E-state index in [9.17, 15) is 0 Å². The zero-order valence-electron chi connectivity index (χ0n) is 27.1. The lowest BCUT2D eigenvalue weighted by Crippen LogP contribution is -2.32. The van der Waals surface area contributed by atoms with Gasteiger partial charge in [0.1, 0.15) is 0 Å². The molecule has 0 N–H and O–H groups in total. The van der Waals surface area contributed by atoms with Crippen molar-refractivity contribution in [3.8, 4) is 0 Å². The van der Waals surface area contributed by atoms with E-state index in [0.717, 1.165) is 11.6 Å². The van der Waals surface area contributed by atoms with E-state index in [4.69, 9.17) is 0 Å². The lowest BCUT2D eigenvalue weighted by molar-refractivity contribution is 0.133. The summed E-state index contributed by atoms with van der Waals surface area (Å²) >= 11 is 0. The van der Waals surface area contributed by atoms with Gasteiger partial charge < -0.3 is 0 Å². The van der Waals surface area contributed by atoms with Crippen molar-refractivity contribution in [2.75, 3.05) is 6.16 Å². The topological polar surface area (TPSA) is 0 Å². The first-order valence-corrected chi connectivity index (χ1v) is 17.5. The van der Waals surface area contributed by atoms with Crippen LogP contribution in [0.2, 0.25) is 0 Å². The van der Waals surface area contributed by atoms with Crippen molar-refractivity contribution in [3.63, 3.8) is 0 Å². The normalized spacial score (nSPS) is 21.9. The summed E-state index contributed by atoms with van der Waals surface area (Å²) in [6.45, 7) is 21.8. The second-order valence-electron chi connectivity index (χ2n) is 15.0. The first-order valence-electron chi connectivity index (χ1n) is 16.3. The Hall–Kier alpha value is -1.13. The Labute approximate surface area is 245 Å². The molecule has 1 heterocycles. The Balaban J connectivity index is 1.72. The molecule has 1 heteroatoms. The fourth-order valence-corrected chi connectivity index (χ4v) is 8.11. The van der Waals surface area contributed by atoms with E-state index >= 15 is 0 Å². The lowest BCUT2D eigenvalue weighted by Gasteiger charge is -2.43. The number of aryl methyl sites for hydroxylation is 1. The SMILES string of the molecule is C\C=C(/C=C\C=C(/CC)CCC1CP1)C(C)CC(C)C(c1ccc(CCC2CC2)cc1)C(C)(C)CC(C)(C)C. The van der Waals surface area contributed by atoms with E-state index in [1.54, 1.807) is 11.1 Å². The predicted molar refractivity (Wildman–Crippen MR) is 179 cm³/mol. The van der Waals surface area contributed by atoms with Gasteiger partial charge in [0.25, 0.3) is 0 Å². The molecular weight excluding hydrogens is 487 g/mol. The molecule has 5 atom stereocenters. The highest BCUT2D eigenvalue weighted by Crippen LogP contribution is 2.49. The molecule has 39 heavy (non-hydrogen) atoms. The van der Waals surface area contributed by atoms with Crippen LogP contribution in [0, 0.1) is 28.6 Å². The molecule has 5 unspecified atom stereocenters. The van der Waals surface area contributed by atoms with Crippen LogP contribution in [0.15, 0.2) is 59.7 Å². The largest absolute Gasteiger partial charge is 0.118 e. The van der Waals surface area contributed by atoms with Crippen LogP contribution in [0.4, 0.5) is 0 Å². The smallest absolute Gasteiger partial charge is 0.00845 e. The molecule has 0 nitrogen and oxygen atoms in total. The molecule has 0 amide bonds. The zero-order chi connectivity index (χ0) is 28.6. The minimum atomic E-state index is 0.236. The third kappa shape index (κ3) is 11.3. The van der Waals surface area contributed by atoms with Crippen LogP contribution in [-0.4, -0.2) is 11.8 Å². The Morgan fingerprint density at radius 1 is 1.03 bits per heavy atom. The summed E-state index contributed by atoms with van der Waals surface area (Å²) in [6.07, 6.45) is 22.9. The van der Waals surface area contributed by atoms with Gasteiger partial charge in [-0.1, -0.05) is 122 Å². The van der Waals surface area contributed by atoms with Crippen molar-refractivity contribution < 1.29 is 0 Å². The standard InChI is InChI=1S/C38H61P/c1-10-30(21-24-35-26-39-35)13-12-14-33(11-2)28(3)25-29(4)36(38(8,9)27-37(5,6)7)34-22-19-32(20-23-34)18-17-31-15-16-31/h11-14,19-20,22-23,28-29,31,35-36,39H,10,15-18,21,24-27H2,1-9H3/b14-12-,30-13+,33-11+. The van der Waals surface area contributed by atoms with E-state index in [1.807, 2.05) is 0 Å². The molecule has 0 aromatic heterocycles. The highest BCUT2D eigenvalue weighted by Gasteiger charge is 2.38. The van der Waals surface area contributed by atoms with E-state index in [0.29, 0.717) is 23.2 Å². The third-order valence-corrected chi connectivity index (χ3v) is 10.6. The second-order valence-corrected chi connectivity index (χ2v) is 16.6. The summed E-state index contributed by atoms with van der Waals surface area (Å²) in [5.74, 6) is 2.72. The van der Waals surface area contributed by atoms with Crippen LogP contribution in [0.25, 0.3) is 0 Å². The van der Waals surface area contributed by atoms with E-state index in [-0.39, 0.29) is 5.41 Å². The van der Waals surface area contributed by atoms with Crippen molar-refractivity contribution in [2.24, 2.45) is 28.6 Å². The van der Waals surface area contributed by atoms with Crippen LogP contribution in [0.1, 0.15) is 131 Å². The highest BCUT2D eigenvalue weighted by atomic mass is 31.1. The molecule has 0 radical (unpaired) electrons. The van der Waals surface area contributed by atoms with Gasteiger partial charge in [0, 0.05) is 0 Å². The second kappa shape index (κ2) is 14.7. The van der Waals surface area contributed by atoms with Gasteiger partial charge in [-0.15, -0.1) is 8.58 Å². The number of benzene rings is 1. The molecule has 3 rings (SSSR count). The van der Waals surface area contributed by atoms with E-state index in [2.05, 4.69) is 111 Å². The van der Waals surface area contributed by atoms with Gasteiger partial charge in [0.2, 0.25) is 0 Å².